The summed E-state index contributed by atoms with van der Waals surface area (Å²) in [5.74, 6) is 0.0336. The molecule has 9 nitrogen and oxygen atoms in total. The molecular weight excluding hydrogens is 348 g/mol. The molecule has 146 valence electrons. The summed E-state index contributed by atoms with van der Waals surface area (Å²) in [7, 11) is 0. The minimum atomic E-state index is -0.482. The van der Waals surface area contributed by atoms with E-state index in [1.807, 2.05) is 16.5 Å². The number of hydrogen-bond donors (Lipinski definition) is 1. The highest BCUT2D eigenvalue weighted by Gasteiger charge is 2.21. The number of amides is 1. The highest BCUT2D eigenvalue weighted by atomic mass is 16.2. The standard InChI is InChI=1S/C18H26N6O3/c1-14-13-15(2)24(20-14)12-9-21-7-10-22(11-8-21)17(26)4-6-23-5-3-16(25)19-18(23)27/h3,5,13H,4,6-12H2,1-2H3,(H,19,25,27). The van der Waals surface area contributed by atoms with Crippen molar-refractivity contribution < 1.29 is 4.79 Å². The summed E-state index contributed by atoms with van der Waals surface area (Å²) in [6.45, 7) is 9.14. The van der Waals surface area contributed by atoms with Crippen LogP contribution in [0.1, 0.15) is 17.8 Å². The average molecular weight is 374 g/mol. The zero-order valence-corrected chi connectivity index (χ0v) is 15.8. The zero-order chi connectivity index (χ0) is 19.4. The van der Waals surface area contributed by atoms with E-state index in [1.54, 1.807) is 0 Å². The molecule has 1 amide bonds. The number of rotatable bonds is 6. The van der Waals surface area contributed by atoms with Gasteiger partial charge in [0.25, 0.3) is 5.56 Å². The molecule has 2 aromatic heterocycles. The van der Waals surface area contributed by atoms with Crippen LogP contribution in [-0.4, -0.2) is 67.8 Å². The van der Waals surface area contributed by atoms with Crippen LogP contribution in [-0.2, 0) is 17.9 Å². The summed E-state index contributed by atoms with van der Waals surface area (Å²) in [4.78, 5) is 41.5. The van der Waals surface area contributed by atoms with E-state index >= 15 is 0 Å². The Bertz CT molecular complexity index is 904. The lowest BCUT2D eigenvalue weighted by atomic mass is 10.2. The first kappa shape index (κ1) is 19.1. The fourth-order valence-corrected chi connectivity index (χ4v) is 3.35. The molecule has 0 bridgehead atoms. The molecule has 9 heteroatoms. The molecule has 3 heterocycles. The Labute approximate surface area is 157 Å². The van der Waals surface area contributed by atoms with Crippen LogP contribution < -0.4 is 11.2 Å². The number of H-pyrrole nitrogens is 1. The molecule has 2 aromatic rings. The van der Waals surface area contributed by atoms with Crippen LogP contribution in [0, 0.1) is 13.8 Å². The van der Waals surface area contributed by atoms with Gasteiger partial charge in [0, 0.05) is 63.6 Å². The fraction of sp³-hybridized carbons (Fsp3) is 0.556. The largest absolute Gasteiger partial charge is 0.340 e. The molecule has 0 aliphatic carbocycles. The summed E-state index contributed by atoms with van der Waals surface area (Å²) in [6, 6.07) is 3.36. The van der Waals surface area contributed by atoms with Crippen molar-refractivity contribution in [2.45, 2.75) is 33.4 Å². The van der Waals surface area contributed by atoms with E-state index in [-0.39, 0.29) is 18.9 Å². The molecule has 0 atom stereocenters. The van der Waals surface area contributed by atoms with Gasteiger partial charge in [0.05, 0.1) is 12.2 Å². The smallest absolute Gasteiger partial charge is 0.328 e. The molecule has 0 radical (unpaired) electrons. The van der Waals surface area contributed by atoms with E-state index in [9.17, 15) is 14.4 Å². The average Bonchev–Trinajstić information content (AvgIpc) is 2.96. The molecule has 1 saturated heterocycles. The van der Waals surface area contributed by atoms with Gasteiger partial charge >= 0.3 is 5.69 Å². The van der Waals surface area contributed by atoms with Crippen molar-refractivity contribution in [3.63, 3.8) is 0 Å². The molecule has 0 unspecified atom stereocenters. The molecule has 1 N–H and O–H groups in total. The van der Waals surface area contributed by atoms with Crippen LogP contribution in [0.4, 0.5) is 0 Å². The number of aromatic amines is 1. The molecule has 27 heavy (non-hydrogen) atoms. The minimum Gasteiger partial charge on any atom is -0.340 e. The van der Waals surface area contributed by atoms with Gasteiger partial charge in [0.2, 0.25) is 5.91 Å². The van der Waals surface area contributed by atoms with Gasteiger partial charge in [0.1, 0.15) is 0 Å². The Kier molecular flexibility index (Phi) is 5.90. The number of aryl methyl sites for hydroxylation is 3. The predicted molar refractivity (Wildman–Crippen MR) is 101 cm³/mol. The maximum absolute atomic E-state index is 12.4. The third-order valence-corrected chi connectivity index (χ3v) is 4.92. The summed E-state index contributed by atoms with van der Waals surface area (Å²) >= 11 is 0. The number of piperazine rings is 1. The first-order valence-electron chi connectivity index (χ1n) is 9.23. The fourth-order valence-electron chi connectivity index (χ4n) is 3.35. The maximum Gasteiger partial charge on any atom is 0.328 e. The van der Waals surface area contributed by atoms with Crippen LogP contribution in [0.2, 0.25) is 0 Å². The van der Waals surface area contributed by atoms with Gasteiger partial charge in [-0.2, -0.15) is 5.10 Å². The van der Waals surface area contributed by atoms with Gasteiger partial charge in [-0.25, -0.2) is 4.79 Å². The van der Waals surface area contributed by atoms with E-state index in [0.29, 0.717) is 13.1 Å². The Morgan fingerprint density at radius 3 is 2.48 bits per heavy atom. The van der Waals surface area contributed by atoms with Crippen LogP contribution >= 0.6 is 0 Å². The lowest BCUT2D eigenvalue weighted by Crippen LogP contribution is -2.49. The van der Waals surface area contributed by atoms with Gasteiger partial charge in [-0.15, -0.1) is 0 Å². The summed E-state index contributed by atoms with van der Waals surface area (Å²) in [5, 5.41) is 4.48. The van der Waals surface area contributed by atoms with Crippen molar-refractivity contribution in [3.8, 4) is 0 Å². The zero-order valence-electron chi connectivity index (χ0n) is 15.8. The lowest BCUT2D eigenvalue weighted by Gasteiger charge is -2.34. The number of carbonyl (C=O) groups is 1. The lowest BCUT2D eigenvalue weighted by molar-refractivity contribution is -0.133. The second-order valence-electron chi connectivity index (χ2n) is 6.93. The van der Waals surface area contributed by atoms with Gasteiger partial charge in [-0.1, -0.05) is 0 Å². The first-order valence-corrected chi connectivity index (χ1v) is 9.23. The first-order chi connectivity index (χ1) is 12.9. The van der Waals surface area contributed by atoms with Crippen LogP contribution in [0.3, 0.4) is 0 Å². The van der Waals surface area contributed by atoms with E-state index in [2.05, 4.69) is 28.0 Å². The van der Waals surface area contributed by atoms with E-state index < -0.39 is 11.2 Å². The van der Waals surface area contributed by atoms with Crippen molar-refractivity contribution in [1.29, 1.82) is 0 Å². The number of aromatic nitrogens is 4. The quantitative estimate of drug-likeness (QED) is 0.741. The molecule has 0 aromatic carbocycles. The molecule has 0 saturated carbocycles. The second kappa shape index (κ2) is 8.34. The van der Waals surface area contributed by atoms with Crippen molar-refractivity contribution in [2.75, 3.05) is 32.7 Å². The van der Waals surface area contributed by atoms with Crippen LogP contribution in [0.5, 0.6) is 0 Å². The molecule has 1 aliphatic heterocycles. The third kappa shape index (κ3) is 4.94. The Hall–Kier alpha value is -2.68. The predicted octanol–water partition coefficient (Wildman–Crippen LogP) is -0.416. The van der Waals surface area contributed by atoms with Crippen LogP contribution in [0.15, 0.2) is 27.9 Å². The monoisotopic (exact) mass is 374 g/mol. The summed E-state index contributed by atoms with van der Waals surface area (Å²) in [6.07, 6.45) is 1.67. The van der Waals surface area contributed by atoms with Crippen molar-refractivity contribution in [1.82, 2.24) is 29.1 Å². The second-order valence-corrected chi connectivity index (χ2v) is 6.93. The Balaban J connectivity index is 1.43. The molecule has 1 aliphatic rings. The molecule has 0 spiro atoms. The van der Waals surface area contributed by atoms with Gasteiger partial charge in [0.15, 0.2) is 0 Å². The minimum absolute atomic E-state index is 0.0336. The van der Waals surface area contributed by atoms with E-state index in [4.69, 9.17) is 0 Å². The van der Waals surface area contributed by atoms with Gasteiger partial charge in [-0.05, 0) is 19.9 Å². The van der Waals surface area contributed by atoms with Crippen molar-refractivity contribution >= 4 is 5.91 Å². The highest BCUT2D eigenvalue weighted by molar-refractivity contribution is 5.76. The van der Waals surface area contributed by atoms with Crippen molar-refractivity contribution in [2.24, 2.45) is 0 Å². The molecule has 1 fully saturated rings. The van der Waals surface area contributed by atoms with Crippen molar-refractivity contribution in [3.05, 3.63) is 50.6 Å². The normalized spacial score (nSPS) is 15.3. The number of hydrogen-bond acceptors (Lipinski definition) is 5. The molecule has 3 rings (SSSR count). The number of carbonyl (C=O) groups excluding carboxylic acids is 1. The maximum atomic E-state index is 12.4. The van der Waals surface area contributed by atoms with E-state index in [1.165, 1.54) is 22.5 Å². The van der Waals surface area contributed by atoms with Gasteiger partial charge in [-0.3, -0.25) is 24.2 Å². The topological polar surface area (TPSA) is 96.2 Å². The summed E-state index contributed by atoms with van der Waals surface area (Å²) < 4.78 is 3.37. The third-order valence-electron chi connectivity index (χ3n) is 4.92. The highest BCUT2D eigenvalue weighted by Crippen LogP contribution is 2.06. The Morgan fingerprint density at radius 2 is 1.85 bits per heavy atom. The number of nitrogens with zero attached hydrogens (tertiary/aromatic N) is 5. The number of nitrogens with one attached hydrogen (secondary N) is 1. The Morgan fingerprint density at radius 1 is 1.11 bits per heavy atom. The molecular formula is C18H26N6O3. The van der Waals surface area contributed by atoms with E-state index in [0.717, 1.165) is 31.9 Å². The van der Waals surface area contributed by atoms with Crippen LogP contribution in [0.25, 0.3) is 0 Å². The SMILES string of the molecule is Cc1cc(C)n(CCN2CCN(C(=O)CCn3ccc(=O)[nH]c3=O)CC2)n1. The van der Waals surface area contributed by atoms with Gasteiger partial charge < -0.3 is 9.47 Å². The summed E-state index contributed by atoms with van der Waals surface area (Å²) in [5.41, 5.74) is 1.28.